The zero-order valence-electron chi connectivity index (χ0n) is 13.2. The van der Waals surface area contributed by atoms with Gasteiger partial charge in [0, 0.05) is 44.5 Å². The molecule has 0 radical (unpaired) electrons. The molecule has 0 bridgehead atoms. The van der Waals surface area contributed by atoms with Crippen LogP contribution in [0.4, 0.5) is 0 Å². The fraction of sp³-hybridized carbons (Fsp3) is 0.750. The molecular weight excluding hydrogens is 264 g/mol. The maximum Gasteiger partial charge on any atom is 0.219 e. The number of carbonyl (C=O) groups is 1. The minimum atomic E-state index is 0.236. The predicted octanol–water partition coefficient (Wildman–Crippen LogP) is 1.88. The van der Waals surface area contributed by atoms with Gasteiger partial charge in [-0.2, -0.15) is 0 Å². The maximum atomic E-state index is 11.8. The Morgan fingerprint density at radius 1 is 1.29 bits per heavy atom. The molecule has 2 aliphatic heterocycles. The van der Waals surface area contributed by atoms with E-state index in [2.05, 4.69) is 32.5 Å². The largest absolute Gasteiger partial charge is 0.338 e. The van der Waals surface area contributed by atoms with Crippen LogP contribution in [0, 0.1) is 0 Å². The lowest BCUT2D eigenvalue weighted by molar-refractivity contribution is -0.130. The molecule has 1 aromatic heterocycles. The number of hydrogen-bond acceptors (Lipinski definition) is 3. The molecule has 2 saturated heterocycles. The van der Waals surface area contributed by atoms with E-state index < -0.39 is 0 Å². The minimum Gasteiger partial charge on any atom is -0.338 e. The summed E-state index contributed by atoms with van der Waals surface area (Å²) in [6.07, 6.45) is 8.70. The number of carbonyl (C=O) groups excluding carboxylic acids is 1. The van der Waals surface area contributed by atoms with Crippen LogP contribution in [0.2, 0.25) is 0 Å². The van der Waals surface area contributed by atoms with E-state index in [0.29, 0.717) is 12.1 Å². The Morgan fingerprint density at radius 2 is 2.05 bits per heavy atom. The molecule has 1 aromatic rings. The van der Waals surface area contributed by atoms with Crippen LogP contribution in [-0.2, 0) is 17.9 Å². The molecule has 2 aliphatic rings. The van der Waals surface area contributed by atoms with Crippen LogP contribution in [0.15, 0.2) is 12.4 Å². The molecule has 21 heavy (non-hydrogen) atoms. The first kappa shape index (κ1) is 14.6. The fourth-order valence-corrected chi connectivity index (χ4v) is 4.03. The lowest BCUT2D eigenvalue weighted by Gasteiger charge is -2.34. The van der Waals surface area contributed by atoms with Crippen molar-refractivity contribution in [2.75, 3.05) is 13.1 Å². The lowest BCUT2D eigenvalue weighted by atomic mass is 10.0. The van der Waals surface area contributed by atoms with Crippen molar-refractivity contribution >= 4 is 5.91 Å². The Hall–Kier alpha value is -1.36. The van der Waals surface area contributed by atoms with E-state index >= 15 is 0 Å². The summed E-state index contributed by atoms with van der Waals surface area (Å²) in [6.45, 7) is 7.81. The third-order valence-electron chi connectivity index (χ3n) is 5.05. The fourth-order valence-electron chi connectivity index (χ4n) is 4.03. The number of aromatic nitrogens is 2. The van der Waals surface area contributed by atoms with Crippen molar-refractivity contribution in [2.45, 2.75) is 64.7 Å². The molecule has 3 heterocycles. The lowest BCUT2D eigenvalue weighted by Crippen LogP contribution is -2.47. The average molecular weight is 290 g/mol. The molecule has 0 N–H and O–H groups in total. The molecule has 2 fully saturated rings. The van der Waals surface area contributed by atoms with Gasteiger partial charge < -0.3 is 9.47 Å². The first-order valence-corrected chi connectivity index (χ1v) is 8.22. The maximum absolute atomic E-state index is 11.8. The monoisotopic (exact) mass is 290 g/mol. The Kier molecular flexibility index (Phi) is 4.29. The van der Waals surface area contributed by atoms with Crippen molar-refractivity contribution in [2.24, 2.45) is 0 Å². The second kappa shape index (κ2) is 6.18. The molecule has 1 amide bonds. The smallest absolute Gasteiger partial charge is 0.219 e. The third-order valence-corrected chi connectivity index (χ3v) is 5.05. The molecule has 0 aliphatic carbocycles. The SMILES string of the molecule is CCn1ccnc1CN1CCC[C@H]1[C@@H]1CCCN1C(C)=O. The van der Waals surface area contributed by atoms with E-state index in [-0.39, 0.29) is 5.91 Å². The summed E-state index contributed by atoms with van der Waals surface area (Å²) in [5.74, 6) is 1.39. The second-order valence-corrected chi connectivity index (χ2v) is 6.23. The van der Waals surface area contributed by atoms with Crippen LogP contribution in [-0.4, -0.2) is 50.4 Å². The first-order chi connectivity index (χ1) is 10.2. The van der Waals surface area contributed by atoms with Gasteiger partial charge in [0.25, 0.3) is 0 Å². The highest BCUT2D eigenvalue weighted by Gasteiger charge is 2.38. The molecule has 3 rings (SSSR count). The molecular formula is C16H26N4O. The van der Waals surface area contributed by atoms with Gasteiger partial charge in [-0.15, -0.1) is 0 Å². The van der Waals surface area contributed by atoms with Crippen LogP contribution in [0.25, 0.3) is 0 Å². The minimum absolute atomic E-state index is 0.236. The normalized spacial score (nSPS) is 26.7. The summed E-state index contributed by atoms with van der Waals surface area (Å²) in [6, 6.07) is 0.924. The number of nitrogens with zero attached hydrogens (tertiary/aromatic N) is 4. The number of rotatable bonds is 4. The summed E-state index contributed by atoms with van der Waals surface area (Å²) >= 11 is 0. The molecule has 0 aromatic carbocycles. The van der Waals surface area contributed by atoms with Gasteiger partial charge in [-0.3, -0.25) is 9.69 Å². The topological polar surface area (TPSA) is 41.4 Å². The van der Waals surface area contributed by atoms with E-state index in [1.54, 1.807) is 6.92 Å². The number of likely N-dealkylation sites (tertiary alicyclic amines) is 2. The summed E-state index contributed by atoms with van der Waals surface area (Å²) in [5.41, 5.74) is 0. The highest BCUT2D eigenvalue weighted by atomic mass is 16.2. The second-order valence-electron chi connectivity index (χ2n) is 6.23. The standard InChI is InChI=1S/C16H26N4O/c1-3-18-11-8-17-16(18)12-19-9-4-6-14(19)15-7-5-10-20(15)13(2)21/h8,11,14-15H,3-7,9-10,12H2,1-2H3/t14-,15-/m0/s1. The Balaban J connectivity index is 1.72. The molecule has 116 valence electrons. The van der Waals surface area contributed by atoms with Gasteiger partial charge in [-0.05, 0) is 39.2 Å². The number of imidazole rings is 1. The Labute approximate surface area is 126 Å². The predicted molar refractivity (Wildman–Crippen MR) is 81.7 cm³/mol. The molecule has 0 unspecified atom stereocenters. The zero-order valence-corrected chi connectivity index (χ0v) is 13.2. The van der Waals surface area contributed by atoms with Gasteiger partial charge in [0.2, 0.25) is 5.91 Å². The van der Waals surface area contributed by atoms with Gasteiger partial charge in [0.15, 0.2) is 0 Å². The van der Waals surface area contributed by atoms with Crippen LogP contribution in [0.3, 0.4) is 0 Å². The van der Waals surface area contributed by atoms with E-state index in [9.17, 15) is 4.79 Å². The van der Waals surface area contributed by atoms with Crippen molar-refractivity contribution in [1.82, 2.24) is 19.4 Å². The Bertz CT molecular complexity index is 498. The summed E-state index contributed by atoms with van der Waals surface area (Å²) in [7, 11) is 0. The summed E-state index contributed by atoms with van der Waals surface area (Å²) < 4.78 is 2.22. The van der Waals surface area contributed by atoms with Crippen molar-refractivity contribution in [3.63, 3.8) is 0 Å². The van der Waals surface area contributed by atoms with Crippen molar-refractivity contribution in [3.05, 3.63) is 18.2 Å². The van der Waals surface area contributed by atoms with Gasteiger partial charge in [-0.25, -0.2) is 4.98 Å². The number of amides is 1. The average Bonchev–Trinajstić information content (AvgIpc) is 3.18. The summed E-state index contributed by atoms with van der Waals surface area (Å²) in [5, 5.41) is 0. The van der Waals surface area contributed by atoms with E-state index in [0.717, 1.165) is 44.8 Å². The molecule has 0 spiro atoms. The van der Waals surface area contributed by atoms with Gasteiger partial charge in [0.1, 0.15) is 5.82 Å². The van der Waals surface area contributed by atoms with Crippen LogP contribution >= 0.6 is 0 Å². The zero-order chi connectivity index (χ0) is 14.8. The number of hydrogen-bond donors (Lipinski definition) is 0. The summed E-state index contributed by atoms with van der Waals surface area (Å²) in [4.78, 5) is 21.0. The van der Waals surface area contributed by atoms with Crippen LogP contribution < -0.4 is 0 Å². The highest BCUT2D eigenvalue weighted by Crippen LogP contribution is 2.30. The van der Waals surface area contributed by atoms with Crippen LogP contribution in [0.1, 0.15) is 45.4 Å². The van der Waals surface area contributed by atoms with E-state index in [4.69, 9.17) is 0 Å². The van der Waals surface area contributed by atoms with Crippen LogP contribution in [0.5, 0.6) is 0 Å². The third kappa shape index (κ3) is 2.84. The van der Waals surface area contributed by atoms with Gasteiger partial charge in [0.05, 0.1) is 6.54 Å². The first-order valence-electron chi connectivity index (χ1n) is 8.22. The van der Waals surface area contributed by atoms with Gasteiger partial charge in [-0.1, -0.05) is 0 Å². The Morgan fingerprint density at radius 3 is 2.81 bits per heavy atom. The number of aryl methyl sites for hydroxylation is 1. The van der Waals surface area contributed by atoms with Crippen molar-refractivity contribution < 1.29 is 4.79 Å². The van der Waals surface area contributed by atoms with Crippen molar-refractivity contribution in [3.8, 4) is 0 Å². The van der Waals surface area contributed by atoms with Gasteiger partial charge >= 0.3 is 0 Å². The molecule has 5 nitrogen and oxygen atoms in total. The quantitative estimate of drug-likeness (QED) is 0.850. The van der Waals surface area contributed by atoms with E-state index in [1.807, 2.05) is 6.20 Å². The van der Waals surface area contributed by atoms with Crippen molar-refractivity contribution in [1.29, 1.82) is 0 Å². The van der Waals surface area contributed by atoms with E-state index in [1.165, 1.54) is 12.8 Å². The molecule has 2 atom stereocenters. The molecule has 5 heteroatoms. The highest BCUT2D eigenvalue weighted by molar-refractivity contribution is 5.74. The molecule has 0 saturated carbocycles.